The molecule has 0 heterocycles. The number of rotatable bonds is 9. The van der Waals surface area contributed by atoms with E-state index < -0.39 is 11.9 Å². The highest BCUT2D eigenvalue weighted by Gasteiger charge is 2.25. The molecule has 0 radical (unpaired) electrons. The molecule has 4 aromatic rings. The largest absolute Gasteiger partial charge is 0.483 e. The monoisotopic (exact) mass is 507 g/mol. The van der Waals surface area contributed by atoms with Crippen molar-refractivity contribution in [2.24, 2.45) is 0 Å². The number of aryl methyl sites for hydroxylation is 2. The van der Waals surface area contributed by atoms with Crippen LogP contribution in [-0.4, -0.2) is 24.3 Å². The molecule has 7 nitrogen and oxygen atoms in total. The molecule has 4 rings (SSSR count). The Hall–Kier alpha value is -4.91. The fraction of sp³-hybridized carbons (Fsp3) is 0.129. The van der Waals surface area contributed by atoms with Crippen molar-refractivity contribution in [2.45, 2.75) is 19.9 Å². The second kappa shape index (κ2) is 12.4. The van der Waals surface area contributed by atoms with Gasteiger partial charge in [0.05, 0.1) is 5.56 Å². The van der Waals surface area contributed by atoms with E-state index in [4.69, 9.17) is 4.74 Å². The van der Waals surface area contributed by atoms with Crippen LogP contribution in [0.25, 0.3) is 0 Å². The summed E-state index contributed by atoms with van der Waals surface area (Å²) in [4.78, 5) is 39.0. The fourth-order valence-electron chi connectivity index (χ4n) is 3.76. The molecule has 192 valence electrons. The van der Waals surface area contributed by atoms with Crippen molar-refractivity contribution in [1.82, 2.24) is 5.32 Å². The van der Waals surface area contributed by atoms with Crippen LogP contribution in [-0.2, 0) is 9.59 Å². The highest BCUT2D eigenvalue weighted by Crippen LogP contribution is 2.22. The van der Waals surface area contributed by atoms with Crippen LogP contribution in [0.3, 0.4) is 0 Å². The summed E-state index contributed by atoms with van der Waals surface area (Å²) in [6.45, 7) is 3.64. The van der Waals surface area contributed by atoms with E-state index in [1.54, 1.807) is 60.7 Å². The van der Waals surface area contributed by atoms with Crippen LogP contribution in [0.5, 0.6) is 5.75 Å². The van der Waals surface area contributed by atoms with Gasteiger partial charge in [0.2, 0.25) is 0 Å². The zero-order valence-corrected chi connectivity index (χ0v) is 21.2. The smallest absolute Gasteiger partial charge is 0.262 e. The van der Waals surface area contributed by atoms with E-state index in [0.717, 1.165) is 11.1 Å². The molecule has 1 atom stereocenters. The highest BCUT2D eigenvalue weighted by molar-refractivity contribution is 6.03. The third kappa shape index (κ3) is 7.07. The van der Waals surface area contributed by atoms with Crippen molar-refractivity contribution in [1.29, 1.82) is 0 Å². The molecule has 0 bridgehead atoms. The summed E-state index contributed by atoms with van der Waals surface area (Å²) in [7, 11) is 0. The Kier molecular flexibility index (Phi) is 8.51. The van der Waals surface area contributed by atoms with Gasteiger partial charge in [-0.1, -0.05) is 77.9 Å². The average molecular weight is 508 g/mol. The molecule has 0 aliphatic carbocycles. The van der Waals surface area contributed by atoms with Gasteiger partial charge in [-0.2, -0.15) is 0 Å². The van der Waals surface area contributed by atoms with Gasteiger partial charge in [-0.3, -0.25) is 14.4 Å². The summed E-state index contributed by atoms with van der Waals surface area (Å²) in [6, 6.07) is 29.5. The second-order valence-corrected chi connectivity index (χ2v) is 8.87. The maximum Gasteiger partial charge on any atom is 0.262 e. The number of ether oxygens (including phenoxy) is 1. The van der Waals surface area contributed by atoms with Crippen LogP contribution < -0.4 is 20.7 Å². The maximum absolute atomic E-state index is 13.3. The number of para-hydroxylation sites is 1. The molecule has 3 N–H and O–H groups in total. The molecular formula is C31H29N3O4. The molecule has 0 saturated heterocycles. The summed E-state index contributed by atoms with van der Waals surface area (Å²) < 4.78 is 5.70. The summed E-state index contributed by atoms with van der Waals surface area (Å²) in [5.41, 5.74) is 4.27. The minimum absolute atomic E-state index is 0.208. The van der Waals surface area contributed by atoms with Gasteiger partial charge in [-0.25, -0.2) is 0 Å². The summed E-state index contributed by atoms with van der Waals surface area (Å²) in [5.74, 6) is -1.02. The van der Waals surface area contributed by atoms with Crippen molar-refractivity contribution in [3.63, 3.8) is 0 Å². The third-order valence-corrected chi connectivity index (χ3v) is 5.82. The quantitative estimate of drug-likeness (QED) is 0.281. The molecule has 3 amide bonds. The first-order valence-corrected chi connectivity index (χ1v) is 12.2. The van der Waals surface area contributed by atoms with E-state index >= 15 is 0 Å². The highest BCUT2D eigenvalue weighted by atomic mass is 16.5. The molecule has 0 aliphatic rings. The third-order valence-electron chi connectivity index (χ3n) is 5.82. The molecule has 0 unspecified atom stereocenters. The Morgan fingerprint density at radius 2 is 1.24 bits per heavy atom. The Labute approximate surface area is 221 Å². The van der Waals surface area contributed by atoms with E-state index in [0.29, 0.717) is 16.9 Å². The van der Waals surface area contributed by atoms with Gasteiger partial charge in [-0.05, 0) is 55.8 Å². The predicted molar refractivity (Wildman–Crippen MR) is 148 cm³/mol. The van der Waals surface area contributed by atoms with E-state index in [-0.39, 0.29) is 29.7 Å². The number of nitrogens with one attached hydrogen (secondary N) is 3. The standard InChI is InChI=1S/C31H29N3O4/c1-21-12-16-24(17-13-21)32-28(35)20-38-27-11-7-6-10-26(27)30(36)34-29(23-8-4-3-5-9-23)31(37)33-25-18-14-22(2)15-19-25/h3-19,29H,20H2,1-2H3,(H,32,35)(H,33,37)(H,34,36)/t29-/m1/s1. The number of amides is 3. The zero-order valence-electron chi connectivity index (χ0n) is 21.2. The first-order valence-electron chi connectivity index (χ1n) is 12.2. The van der Waals surface area contributed by atoms with Gasteiger partial charge in [0.25, 0.3) is 17.7 Å². The summed E-state index contributed by atoms with van der Waals surface area (Å²) in [6.07, 6.45) is 0. The number of hydrogen-bond donors (Lipinski definition) is 3. The van der Waals surface area contributed by atoms with Gasteiger partial charge in [0.15, 0.2) is 6.61 Å². The molecule has 0 spiro atoms. The summed E-state index contributed by atoms with van der Waals surface area (Å²) in [5, 5.41) is 8.46. The van der Waals surface area contributed by atoms with Crippen molar-refractivity contribution in [2.75, 3.05) is 17.2 Å². The Morgan fingerprint density at radius 1 is 0.684 bits per heavy atom. The molecule has 0 aromatic heterocycles. The molecule has 0 saturated carbocycles. The summed E-state index contributed by atoms with van der Waals surface area (Å²) >= 11 is 0. The normalized spacial score (nSPS) is 11.2. The van der Waals surface area contributed by atoms with E-state index in [1.165, 1.54) is 0 Å². The molecule has 38 heavy (non-hydrogen) atoms. The van der Waals surface area contributed by atoms with Gasteiger partial charge in [0, 0.05) is 11.4 Å². The van der Waals surface area contributed by atoms with Gasteiger partial charge < -0.3 is 20.7 Å². The number of anilines is 2. The lowest BCUT2D eigenvalue weighted by Gasteiger charge is -2.20. The zero-order chi connectivity index (χ0) is 26.9. The number of benzene rings is 4. The molecule has 0 aliphatic heterocycles. The van der Waals surface area contributed by atoms with Gasteiger partial charge >= 0.3 is 0 Å². The molecule has 0 fully saturated rings. The van der Waals surface area contributed by atoms with Crippen LogP contribution >= 0.6 is 0 Å². The Morgan fingerprint density at radius 3 is 1.87 bits per heavy atom. The van der Waals surface area contributed by atoms with Crippen LogP contribution in [0.4, 0.5) is 11.4 Å². The van der Waals surface area contributed by atoms with Crippen LogP contribution in [0, 0.1) is 13.8 Å². The van der Waals surface area contributed by atoms with Gasteiger partial charge in [-0.15, -0.1) is 0 Å². The topological polar surface area (TPSA) is 96.5 Å². The minimum Gasteiger partial charge on any atom is -0.483 e. The first kappa shape index (κ1) is 26.2. The van der Waals surface area contributed by atoms with Crippen LogP contribution in [0.15, 0.2) is 103 Å². The van der Waals surface area contributed by atoms with Crippen LogP contribution in [0.2, 0.25) is 0 Å². The second-order valence-electron chi connectivity index (χ2n) is 8.87. The maximum atomic E-state index is 13.3. The Bertz CT molecular complexity index is 1400. The van der Waals surface area contributed by atoms with Crippen molar-refractivity contribution in [3.05, 3.63) is 125 Å². The average Bonchev–Trinajstić information content (AvgIpc) is 2.93. The lowest BCUT2D eigenvalue weighted by Crippen LogP contribution is -2.37. The lowest BCUT2D eigenvalue weighted by molar-refractivity contribution is -0.118. The first-order chi connectivity index (χ1) is 18.4. The molecule has 7 heteroatoms. The van der Waals surface area contributed by atoms with Crippen LogP contribution in [0.1, 0.15) is 33.1 Å². The lowest BCUT2D eigenvalue weighted by atomic mass is 10.0. The molecule has 4 aromatic carbocycles. The van der Waals surface area contributed by atoms with E-state index in [1.807, 2.05) is 56.3 Å². The van der Waals surface area contributed by atoms with Gasteiger partial charge in [0.1, 0.15) is 11.8 Å². The number of hydrogen-bond acceptors (Lipinski definition) is 4. The molecular weight excluding hydrogens is 478 g/mol. The predicted octanol–water partition coefficient (Wildman–Crippen LogP) is 5.43. The van der Waals surface area contributed by atoms with E-state index in [9.17, 15) is 14.4 Å². The van der Waals surface area contributed by atoms with Crippen molar-refractivity contribution in [3.8, 4) is 5.75 Å². The SMILES string of the molecule is Cc1ccc(NC(=O)COc2ccccc2C(=O)N[C@@H](C(=O)Nc2ccc(C)cc2)c2ccccc2)cc1. The van der Waals surface area contributed by atoms with E-state index in [2.05, 4.69) is 16.0 Å². The minimum atomic E-state index is -0.956. The number of carbonyl (C=O) groups is 3. The fourth-order valence-corrected chi connectivity index (χ4v) is 3.76. The van der Waals surface area contributed by atoms with Crippen molar-refractivity contribution >= 4 is 29.1 Å². The van der Waals surface area contributed by atoms with Crippen molar-refractivity contribution < 1.29 is 19.1 Å². The number of carbonyl (C=O) groups excluding carboxylic acids is 3. The Balaban J connectivity index is 1.47.